The number of hydrogen-bond donors (Lipinski definition) is 1. The molecule has 0 radical (unpaired) electrons. The Bertz CT molecular complexity index is 578. The third-order valence-electron chi connectivity index (χ3n) is 2.85. The molecule has 1 heterocycles. The fraction of sp³-hybridized carbons (Fsp3) is 0.357. The van der Waals surface area contributed by atoms with Crippen LogP contribution in [0.5, 0.6) is 11.6 Å². The number of thioether (sulfide) groups is 1. The fourth-order valence-corrected chi connectivity index (χ4v) is 2.32. The van der Waals surface area contributed by atoms with Gasteiger partial charge in [-0.1, -0.05) is 12.1 Å². The number of rotatable bonds is 4. The zero-order chi connectivity index (χ0) is 14.0. The van der Waals surface area contributed by atoms with E-state index in [0.717, 1.165) is 16.3 Å². The Morgan fingerprint density at radius 2 is 2.00 bits per heavy atom. The van der Waals surface area contributed by atoms with Gasteiger partial charge in [-0.05, 0) is 39.2 Å². The van der Waals surface area contributed by atoms with Gasteiger partial charge in [0.05, 0.1) is 11.7 Å². The molecule has 0 aliphatic carbocycles. The standard InChI is InChI=1S/C14H19N3OS/c1-9(2)17-14(13(15)10(3)16-17)18-11-7-5-6-8-12(11)19-4/h5-9H,15H2,1-4H3. The molecular formula is C14H19N3OS. The van der Waals surface area contributed by atoms with Gasteiger partial charge in [-0.25, -0.2) is 4.68 Å². The van der Waals surface area contributed by atoms with Crippen LogP contribution in [-0.4, -0.2) is 16.0 Å². The number of anilines is 1. The number of hydrogen-bond acceptors (Lipinski definition) is 4. The summed E-state index contributed by atoms with van der Waals surface area (Å²) in [6, 6.07) is 8.12. The summed E-state index contributed by atoms with van der Waals surface area (Å²) >= 11 is 1.65. The first kappa shape index (κ1) is 13.8. The van der Waals surface area contributed by atoms with Gasteiger partial charge in [0, 0.05) is 4.90 Å². The Balaban J connectivity index is 2.43. The van der Waals surface area contributed by atoms with Gasteiger partial charge in [0.2, 0.25) is 5.88 Å². The molecule has 2 N–H and O–H groups in total. The molecule has 0 amide bonds. The van der Waals surface area contributed by atoms with Crippen LogP contribution in [0, 0.1) is 6.92 Å². The van der Waals surface area contributed by atoms with Crippen molar-refractivity contribution in [3.63, 3.8) is 0 Å². The van der Waals surface area contributed by atoms with Crippen molar-refractivity contribution in [3.05, 3.63) is 30.0 Å². The number of benzene rings is 1. The third kappa shape index (κ3) is 2.71. The lowest BCUT2D eigenvalue weighted by molar-refractivity contribution is 0.384. The molecule has 102 valence electrons. The number of aryl methyl sites for hydroxylation is 1. The fourth-order valence-electron chi connectivity index (χ4n) is 1.80. The van der Waals surface area contributed by atoms with Crippen LogP contribution in [0.15, 0.2) is 29.2 Å². The Morgan fingerprint density at radius 1 is 1.32 bits per heavy atom. The van der Waals surface area contributed by atoms with Crippen molar-refractivity contribution in [2.45, 2.75) is 31.7 Å². The molecule has 0 fully saturated rings. The predicted octanol–water partition coefficient (Wildman–Crippen LogP) is 3.87. The van der Waals surface area contributed by atoms with Gasteiger partial charge < -0.3 is 10.5 Å². The van der Waals surface area contributed by atoms with Crippen molar-refractivity contribution in [2.75, 3.05) is 12.0 Å². The number of ether oxygens (including phenoxy) is 1. The maximum atomic E-state index is 6.07. The lowest BCUT2D eigenvalue weighted by atomic mass is 10.3. The summed E-state index contributed by atoms with van der Waals surface area (Å²) < 4.78 is 7.82. The number of para-hydroxylation sites is 1. The van der Waals surface area contributed by atoms with Crippen molar-refractivity contribution in [2.24, 2.45) is 0 Å². The minimum atomic E-state index is 0.201. The van der Waals surface area contributed by atoms with E-state index >= 15 is 0 Å². The number of nitrogens with two attached hydrogens (primary N) is 1. The van der Waals surface area contributed by atoms with E-state index in [1.165, 1.54) is 0 Å². The normalized spacial score (nSPS) is 11.0. The number of aromatic nitrogens is 2. The summed E-state index contributed by atoms with van der Waals surface area (Å²) in [5.41, 5.74) is 7.46. The van der Waals surface area contributed by atoms with Crippen LogP contribution in [-0.2, 0) is 0 Å². The van der Waals surface area contributed by atoms with Gasteiger partial charge in [-0.3, -0.25) is 0 Å². The molecule has 0 saturated heterocycles. The second kappa shape index (κ2) is 5.57. The van der Waals surface area contributed by atoms with Crippen molar-refractivity contribution in [1.29, 1.82) is 0 Å². The minimum absolute atomic E-state index is 0.201. The third-order valence-corrected chi connectivity index (χ3v) is 3.63. The van der Waals surface area contributed by atoms with E-state index in [0.29, 0.717) is 11.6 Å². The van der Waals surface area contributed by atoms with E-state index < -0.39 is 0 Å². The SMILES string of the molecule is CSc1ccccc1Oc1c(N)c(C)nn1C(C)C. The smallest absolute Gasteiger partial charge is 0.241 e. The van der Waals surface area contributed by atoms with Gasteiger partial charge in [-0.15, -0.1) is 11.8 Å². The van der Waals surface area contributed by atoms with Gasteiger partial charge >= 0.3 is 0 Å². The Morgan fingerprint density at radius 3 is 2.63 bits per heavy atom. The van der Waals surface area contributed by atoms with E-state index in [-0.39, 0.29) is 6.04 Å². The summed E-state index contributed by atoms with van der Waals surface area (Å²) in [5, 5.41) is 4.42. The van der Waals surface area contributed by atoms with Crippen LogP contribution in [0.3, 0.4) is 0 Å². The first-order valence-electron chi connectivity index (χ1n) is 6.20. The van der Waals surface area contributed by atoms with Gasteiger partial charge in [0.15, 0.2) is 0 Å². The highest BCUT2D eigenvalue weighted by atomic mass is 32.2. The lowest BCUT2D eigenvalue weighted by Crippen LogP contribution is -2.05. The molecule has 0 spiro atoms. The molecule has 2 aromatic rings. The summed E-state index contributed by atoms with van der Waals surface area (Å²) in [5.74, 6) is 1.43. The Kier molecular flexibility index (Phi) is 4.04. The van der Waals surface area contributed by atoms with Crippen LogP contribution in [0.2, 0.25) is 0 Å². The molecule has 0 aliphatic rings. The first-order chi connectivity index (χ1) is 9.04. The summed E-state index contributed by atoms with van der Waals surface area (Å²) in [4.78, 5) is 1.08. The molecule has 0 aliphatic heterocycles. The quantitative estimate of drug-likeness (QED) is 0.862. The molecular weight excluding hydrogens is 258 g/mol. The van der Waals surface area contributed by atoms with E-state index in [9.17, 15) is 0 Å². The minimum Gasteiger partial charge on any atom is -0.436 e. The van der Waals surface area contributed by atoms with Crippen LogP contribution < -0.4 is 10.5 Å². The van der Waals surface area contributed by atoms with Crippen LogP contribution in [0.4, 0.5) is 5.69 Å². The first-order valence-corrected chi connectivity index (χ1v) is 7.42. The van der Waals surface area contributed by atoms with E-state index in [1.807, 2.05) is 42.1 Å². The van der Waals surface area contributed by atoms with E-state index in [1.54, 1.807) is 11.8 Å². The number of nitrogen functional groups attached to an aromatic ring is 1. The molecule has 19 heavy (non-hydrogen) atoms. The average Bonchev–Trinajstić information content (AvgIpc) is 2.68. The molecule has 0 saturated carbocycles. The van der Waals surface area contributed by atoms with E-state index in [4.69, 9.17) is 10.5 Å². The summed E-state index contributed by atoms with van der Waals surface area (Å²) in [6.07, 6.45) is 2.02. The van der Waals surface area contributed by atoms with Crippen LogP contribution >= 0.6 is 11.8 Å². The Labute approximate surface area is 117 Å². The maximum Gasteiger partial charge on any atom is 0.241 e. The molecule has 0 atom stereocenters. The number of nitrogens with zero attached hydrogens (tertiary/aromatic N) is 2. The van der Waals surface area contributed by atoms with E-state index in [2.05, 4.69) is 18.9 Å². The van der Waals surface area contributed by atoms with Crippen LogP contribution in [0.25, 0.3) is 0 Å². The molecule has 2 rings (SSSR count). The second-order valence-corrected chi connectivity index (χ2v) is 5.44. The highest BCUT2D eigenvalue weighted by Crippen LogP contribution is 2.36. The summed E-state index contributed by atoms with van der Waals surface area (Å²) in [7, 11) is 0. The molecule has 5 heteroatoms. The summed E-state index contributed by atoms with van der Waals surface area (Å²) in [6.45, 7) is 6.00. The predicted molar refractivity (Wildman–Crippen MR) is 80.1 cm³/mol. The molecule has 1 aromatic carbocycles. The largest absolute Gasteiger partial charge is 0.436 e. The van der Waals surface area contributed by atoms with Gasteiger partial charge in [0.25, 0.3) is 0 Å². The highest BCUT2D eigenvalue weighted by Gasteiger charge is 2.17. The topological polar surface area (TPSA) is 53.1 Å². The second-order valence-electron chi connectivity index (χ2n) is 4.60. The molecule has 0 unspecified atom stereocenters. The van der Waals surface area contributed by atoms with Gasteiger partial charge in [-0.2, -0.15) is 5.10 Å². The van der Waals surface area contributed by atoms with Gasteiger partial charge in [0.1, 0.15) is 11.4 Å². The monoisotopic (exact) mass is 277 g/mol. The lowest BCUT2D eigenvalue weighted by Gasteiger charge is -2.14. The maximum absolute atomic E-state index is 6.07. The zero-order valence-electron chi connectivity index (χ0n) is 11.7. The van der Waals surface area contributed by atoms with Crippen LogP contribution in [0.1, 0.15) is 25.6 Å². The van der Waals surface area contributed by atoms with Crippen molar-refractivity contribution >= 4 is 17.4 Å². The molecule has 4 nitrogen and oxygen atoms in total. The average molecular weight is 277 g/mol. The van der Waals surface area contributed by atoms with Crippen molar-refractivity contribution in [1.82, 2.24) is 9.78 Å². The van der Waals surface area contributed by atoms with Crippen molar-refractivity contribution in [3.8, 4) is 11.6 Å². The molecule has 1 aromatic heterocycles. The Hall–Kier alpha value is -1.62. The van der Waals surface area contributed by atoms with Crippen molar-refractivity contribution < 1.29 is 4.74 Å². The zero-order valence-corrected chi connectivity index (χ0v) is 12.5. The molecule has 0 bridgehead atoms. The highest BCUT2D eigenvalue weighted by molar-refractivity contribution is 7.98.